The summed E-state index contributed by atoms with van der Waals surface area (Å²) in [5, 5.41) is 2.95. The molecule has 0 aromatic heterocycles. The standard InChI is InChI=1S/C17H25N3O2/c1-13-6-8-14(9-7-13)16(19(2)3)17(22)18-10-12-20-11-4-5-15(20)21/h6-9,16H,4-5,10-12H2,1-3H3,(H,18,22). The van der Waals surface area contributed by atoms with E-state index in [-0.39, 0.29) is 17.9 Å². The number of rotatable bonds is 6. The van der Waals surface area contributed by atoms with E-state index in [0.29, 0.717) is 19.5 Å². The molecule has 0 radical (unpaired) electrons. The third-order valence-corrected chi connectivity index (χ3v) is 4.01. The molecule has 5 heteroatoms. The van der Waals surface area contributed by atoms with Crippen molar-refractivity contribution in [1.29, 1.82) is 0 Å². The van der Waals surface area contributed by atoms with Crippen molar-refractivity contribution in [2.45, 2.75) is 25.8 Å². The molecule has 1 aliphatic heterocycles. The molecule has 1 fully saturated rings. The maximum Gasteiger partial charge on any atom is 0.242 e. The summed E-state index contributed by atoms with van der Waals surface area (Å²) in [6.07, 6.45) is 1.56. The van der Waals surface area contributed by atoms with Gasteiger partial charge in [-0.05, 0) is 33.0 Å². The number of hydrogen-bond acceptors (Lipinski definition) is 3. The van der Waals surface area contributed by atoms with Crippen molar-refractivity contribution in [2.75, 3.05) is 33.7 Å². The molecule has 1 heterocycles. The first-order valence-corrected chi connectivity index (χ1v) is 7.77. The zero-order valence-corrected chi connectivity index (χ0v) is 13.6. The summed E-state index contributed by atoms with van der Waals surface area (Å²) in [6, 6.07) is 7.70. The van der Waals surface area contributed by atoms with Crippen LogP contribution in [0.15, 0.2) is 24.3 Å². The molecule has 1 unspecified atom stereocenters. The van der Waals surface area contributed by atoms with Crippen LogP contribution in [0, 0.1) is 6.92 Å². The Hall–Kier alpha value is -1.88. The number of likely N-dealkylation sites (tertiary alicyclic amines) is 1. The smallest absolute Gasteiger partial charge is 0.242 e. The number of amides is 2. The van der Waals surface area contributed by atoms with E-state index in [2.05, 4.69) is 5.32 Å². The first kappa shape index (κ1) is 16.5. The van der Waals surface area contributed by atoms with Gasteiger partial charge in [0.25, 0.3) is 0 Å². The molecule has 1 saturated heterocycles. The van der Waals surface area contributed by atoms with Gasteiger partial charge in [0.05, 0.1) is 0 Å². The van der Waals surface area contributed by atoms with Crippen LogP contribution in [0.1, 0.15) is 30.0 Å². The first-order valence-electron chi connectivity index (χ1n) is 7.77. The number of nitrogens with zero attached hydrogens (tertiary/aromatic N) is 2. The van der Waals surface area contributed by atoms with Crippen LogP contribution < -0.4 is 5.32 Å². The van der Waals surface area contributed by atoms with Crippen LogP contribution in [0.3, 0.4) is 0 Å². The average Bonchev–Trinajstić information content (AvgIpc) is 2.86. The predicted molar refractivity (Wildman–Crippen MR) is 86.4 cm³/mol. The van der Waals surface area contributed by atoms with Crippen molar-refractivity contribution in [3.8, 4) is 0 Å². The molecule has 1 aromatic carbocycles. The van der Waals surface area contributed by atoms with Crippen LogP contribution in [0.4, 0.5) is 0 Å². The third kappa shape index (κ3) is 4.07. The molecule has 1 aliphatic rings. The van der Waals surface area contributed by atoms with Crippen molar-refractivity contribution in [3.05, 3.63) is 35.4 Å². The molecule has 0 bridgehead atoms. The average molecular weight is 303 g/mol. The highest BCUT2D eigenvalue weighted by Gasteiger charge is 2.24. The number of nitrogens with one attached hydrogen (secondary N) is 1. The van der Waals surface area contributed by atoms with Gasteiger partial charge in [-0.25, -0.2) is 0 Å². The molecule has 120 valence electrons. The topological polar surface area (TPSA) is 52.7 Å². The Kier molecular flexibility index (Phi) is 5.55. The van der Waals surface area contributed by atoms with E-state index < -0.39 is 0 Å². The maximum absolute atomic E-state index is 12.5. The Morgan fingerprint density at radius 1 is 1.32 bits per heavy atom. The second-order valence-corrected chi connectivity index (χ2v) is 6.05. The highest BCUT2D eigenvalue weighted by Crippen LogP contribution is 2.19. The molecule has 5 nitrogen and oxygen atoms in total. The van der Waals surface area contributed by atoms with Gasteiger partial charge in [0.15, 0.2) is 0 Å². The monoisotopic (exact) mass is 303 g/mol. The second-order valence-electron chi connectivity index (χ2n) is 6.05. The Morgan fingerprint density at radius 3 is 2.55 bits per heavy atom. The van der Waals surface area contributed by atoms with Gasteiger partial charge < -0.3 is 10.2 Å². The molecule has 0 aliphatic carbocycles. The van der Waals surface area contributed by atoms with Crippen molar-refractivity contribution < 1.29 is 9.59 Å². The van der Waals surface area contributed by atoms with Crippen LogP contribution in [0.25, 0.3) is 0 Å². The molecule has 0 saturated carbocycles. The summed E-state index contributed by atoms with van der Waals surface area (Å²) in [4.78, 5) is 27.7. The minimum Gasteiger partial charge on any atom is -0.353 e. The van der Waals surface area contributed by atoms with E-state index in [4.69, 9.17) is 0 Å². The molecule has 1 aromatic rings. The van der Waals surface area contributed by atoms with Crippen molar-refractivity contribution in [2.24, 2.45) is 0 Å². The fourth-order valence-electron chi connectivity index (χ4n) is 2.78. The summed E-state index contributed by atoms with van der Waals surface area (Å²) in [7, 11) is 3.79. The lowest BCUT2D eigenvalue weighted by atomic mass is 10.0. The van der Waals surface area contributed by atoms with E-state index in [0.717, 1.165) is 18.5 Å². The van der Waals surface area contributed by atoms with E-state index >= 15 is 0 Å². The molecule has 0 spiro atoms. The summed E-state index contributed by atoms with van der Waals surface area (Å²) in [6.45, 7) is 3.94. The fraction of sp³-hybridized carbons (Fsp3) is 0.529. The number of likely N-dealkylation sites (N-methyl/N-ethyl adjacent to an activating group) is 1. The quantitative estimate of drug-likeness (QED) is 0.863. The lowest BCUT2D eigenvalue weighted by Crippen LogP contribution is -2.41. The molecule has 2 rings (SSSR count). The van der Waals surface area contributed by atoms with Gasteiger partial charge in [-0.3, -0.25) is 14.5 Å². The van der Waals surface area contributed by atoms with E-state index in [1.165, 1.54) is 5.56 Å². The van der Waals surface area contributed by atoms with E-state index in [9.17, 15) is 9.59 Å². The summed E-state index contributed by atoms with van der Waals surface area (Å²) in [5.74, 6) is 0.164. The number of carbonyl (C=O) groups is 2. The van der Waals surface area contributed by atoms with Crippen LogP contribution in [-0.4, -0.2) is 55.3 Å². The largest absolute Gasteiger partial charge is 0.353 e. The Bertz CT molecular complexity index is 525. The van der Waals surface area contributed by atoms with E-state index in [1.807, 2.05) is 55.1 Å². The lowest BCUT2D eigenvalue weighted by molar-refractivity contribution is -0.129. The minimum absolute atomic E-state index is 0.0273. The van der Waals surface area contributed by atoms with Gasteiger partial charge in [-0.1, -0.05) is 29.8 Å². The van der Waals surface area contributed by atoms with Crippen molar-refractivity contribution >= 4 is 11.8 Å². The van der Waals surface area contributed by atoms with Gasteiger partial charge in [-0.15, -0.1) is 0 Å². The Balaban J connectivity index is 1.92. The number of hydrogen-bond donors (Lipinski definition) is 1. The zero-order valence-electron chi connectivity index (χ0n) is 13.6. The Morgan fingerprint density at radius 2 is 2.00 bits per heavy atom. The Labute approximate surface area is 132 Å². The molecular weight excluding hydrogens is 278 g/mol. The molecular formula is C17H25N3O2. The zero-order chi connectivity index (χ0) is 16.1. The second kappa shape index (κ2) is 7.40. The number of benzene rings is 1. The summed E-state index contributed by atoms with van der Waals surface area (Å²) >= 11 is 0. The van der Waals surface area contributed by atoms with Gasteiger partial charge in [0, 0.05) is 26.1 Å². The summed E-state index contributed by atoms with van der Waals surface area (Å²) in [5.41, 5.74) is 2.15. The van der Waals surface area contributed by atoms with Gasteiger partial charge >= 0.3 is 0 Å². The highest BCUT2D eigenvalue weighted by molar-refractivity contribution is 5.83. The van der Waals surface area contributed by atoms with Crippen molar-refractivity contribution in [3.63, 3.8) is 0 Å². The third-order valence-electron chi connectivity index (χ3n) is 4.01. The number of aryl methyl sites for hydroxylation is 1. The molecule has 22 heavy (non-hydrogen) atoms. The predicted octanol–water partition coefficient (Wildman–Crippen LogP) is 1.34. The van der Waals surface area contributed by atoms with Crippen molar-refractivity contribution in [1.82, 2.24) is 15.1 Å². The lowest BCUT2D eigenvalue weighted by Gasteiger charge is -2.24. The van der Waals surface area contributed by atoms with Crippen LogP contribution >= 0.6 is 0 Å². The first-order chi connectivity index (χ1) is 10.5. The normalized spacial score (nSPS) is 16.2. The molecule has 1 atom stereocenters. The van der Waals surface area contributed by atoms with Gasteiger partial charge in [0.1, 0.15) is 6.04 Å². The SMILES string of the molecule is Cc1ccc(C(C(=O)NCCN2CCCC2=O)N(C)C)cc1. The molecule has 2 amide bonds. The maximum atomic E-state index is 12.5. The van der Waals surface area contributed by atoms with Crippen LogP contribution in [-0.2, 0) is 9.59 Å². The number of carbonyl (C=O) groups excluding carboxylic acids is 2. The van der Waals surface area contributed by atoms with Gasteiger partial charge in [0.2, 0.25) is 11.8 Å². The van der Waals surface area contributed by atoms with Gasteiger partial charge in [-0.2, -0.15) is 0 Å². The van der Waals surface area contributed by atoms with E-state index in [1.54, 1.807) is 0 Å². The fourth-order valence-corrected chi connectivity index (χ4v) is 2.78. The van der Waals surface area contributed by atoms with Crippen LogP contribution in [0.5, 0.6) is 0 Å². The minimum atomic E-state index is -0.310. The van der Waals surface area contributed by atoms with Crippen LogP contribution in [0.2, 0.25) is 0 Å². The summed E-state index contributed by atoms with van der Waals surface area (Å²) < 4.78 is 0. The highest BCUT2D eigenvalue weighted by atomic mass is 16.2. The molecule has 1 N–H and O–H groups in total.